The molecule has 21 heavy (non-hydrogen) atoms. The topological polar surface area (TPSA) is 72.2 Å². The van der Waals surface area contributed by atoms with Crippen LogP contribution in [0.25, 0.3) is 0 Å². The average molecular weight is 373 g/mol. The van der Waals surface area contributed by atoms with E-state index in [-0.39, 0.29) is 10.6 Å². The molecule has 1 atom stereocenters. The molecule has 0 heterocycles. The van der Waals surface area contributed by atoms with Crippen LogP contribution < -0.4 is 10.5 Å². The molecule has 0 spiro atoms. The number of sulfonamides is 1. The van der Waals surface area contributed by atoms with Crippen LogP contribution in [0.1, 0.15) is 18.5 Å². The highest BCUT2D eigenvalue weighted by molar-refractivity contribution is 9.10. The Kier molecular flexibility index (Phi) is 4.65. The van der Waals surface area contributed by atoms with Gasteiger partial charge in [0.05, 0.1) is 5.69 Å². The first-order valence-electron chi connectivity index (χ1n) is 6.12. The van der Waals surface area contributed by atoms with E-state index in [1.54, 1.807) is 19.1 Å². The summed E-state index contributed by atoms with van der Waals surface area (Å²) in [5.74, 6) is -0.652. The van der Waals surface area contributed by atoms with Crippen LogP contribution in [-0.2, 0) is 10.0 Å². The number of benzene rings is 2. The van der Waals surface area contributed by atoms with Gasteiger partial charge in [-0.15, -0.1) is 0 Å². The maximum Gasteiger partial charge on any atom is 0.243 e. The minimum Gasteiger partial charge on any atom is -0.398 e. The lowest BCUT2D eigenvalue weighted by atomic mass is 10.1. The molecule has 0 bridgehead atoms. The molecule has 3 N–H and O–H groups in total. The quantitative estimate of drug-likeness (QED) is 0.809. The molecule has 0 aromatic heterocycles. The number of nitrogens with two attached hydrogens (primary N) is 1. The van der Waals surface area contributed by atoms with Crippen molar-refractivity contribution in [3.8, 4) is 0 Å². The summed E-state index contributed by atoms with van der Waals surface area (Å²) < 4.78 is 41.2. The molecule has 0 unspecified atom stereocenters. The zero-order valence-corrected chi connectivity index (χ0v) is 13.6. The van der Waals surface area contributed by atoms with E-state index in [9.17, 15) is 12.8 Å². The molecule has 0 fully saturated rings. The summed E-state index contributed by atoms with van der Waals surface area (Å²) >= 11 is 3.31. The van der Waals surface area contributed by atoms with Gasteiger partial charge in [0.15, 0.2) is 0 Å². The minimum absolute atomic E-state index is 0.00639. The number of anilines is 1. The lowest BCUT2D eigenvalue weighted by Crippen LogP contribution is -2.27. The van der Waals surface area contributed by atoms with Crippen LogP contribution in [0, 0.1) is 5.82 Å². The van der Waals surface area contributed by atoms with Crippen LogP contribution in [0.15, 0.2) is 51.8 Å². The highest BCUT2D eigenvalue weighted by Gasteiger charge is 2.21. The summed E-state index contributed by atoms with van der Waals surface area (Å²) in [5.41, 5.74) is 6.41. The number of nitrogens with one attached hydrogen (secondary N) is 1. The zero-order valence-electron chi connectivity index (χ0n) is 11.2. The highest BCUT2D eigenvalue weighted by atomic mass is 79.9. The predicted molar refractivity (Wildman–Crippen MR) is 83.7 cm³/mol. The molecule has 0 radical (unpaired) electrons. The lowest BCUT2D eigenvalue weighted by Gasteiger charge is -2.16. The number of hydrogen-bond donors (Lipinski definition) is 2. The number of nitrogen functional groups attached to an aromatic ring is 1. The van der Waals surface area contributed by atoms with Gasteiger partial charge in [-0.3, -0.25) is 0 Å². The summed E-state index contributed by atoms with van der Waals surface area (Å²) in [5, 5.41) is 0. The van der Waals surface area contributed by atoms with Gasteiger partial charge in [-0.1, -0.05) is 28.1 Å². The molecule has 4 nitrogen and oxygen atoms in total. The first kappa shape index (κ1) is 15.9. The Bertz CT molecular complexity index is 748. The van der Waals surface area contributed by atoms with Crippen molar-refractivity contribution in [1.82, 2.24) is 4.72 Å². The molecule has 0 amide bonds. The third-order valence-corrected chi connectivity index (χ3v) is 5.09. The van der Waals surface area contributed by atoms with Crippen molar-refractivity contribution in [2.75, 3.05) is 5.73 Å². The molecule has 7 heteroatoms. The smallest absolute Gasteiger partial charge is 0.243 e. The second-order valence-corrected chi connectivity index (χ2v) is 7.17. The fourth-order valence-electron chi connectivity index (χ4n) is 1.86. The van der Waals surface area contributed by atoms with Crippen molar-refractivity contribution in [2.45, 2.75) is 17.9 Å². The van der Waals surface area contributed by atoms with Crippen molar-refractivity contribution in [2.24, 2.45) is 0 Å². The Morgan fingerprint density at radius 3 is 2.43 bits per heavy atom. The summed E-state index contributed by atoms with van der Waals surface area (Å²) in [4.78, 5) is -0.258. The zero-order chi connectivity index (χ0) is 15.6. The Balaban J connectivity index is 2.28. The molecule has 0 aliphatic carbocycles. The molecular formula is C14H14BrFN2O2S. The molecule has 2 aromatic rings. The fourth-order valence-corrected chi connectivity index (χ4v) is 3.50. The van der Waals surface area contributed by atoms with Crippen LogP contribution in [0.4, 0.5) is 10.1 Å². The van der Waals surface area contributed by atoms with Gasteiger partial charge in [0.1, 0.15) is 10.7 Å². The highest BCUT2D eigenvalue weighted by Crippen LogP contribution is 2.23. The van der Waals surface area contributed by atoms with Crippen molar-refractivity contribution >= 4 is 31.6 Å². The van der Waals surface area contributed by atoms with Crippen LogP contribution in [0.5, 0.6) is 0 Å². The van der Waals surface area contributed by atoms with Gasteiger partial charge in [0.25, 0.3) is 0 Å². The Hall–Kier alpha value is -1.44. The Morgan fingerprint density at radius 1 is 1.19 bits per heavy atom. The van der Waals surface area contributed by atoms with Crippen LogP contribution in [0.3, 0.4) is 0 Å². The van der Waals surface area contributed by atoms with Gasteiger partial charge < -0.3 is 5.73 Å². The van der Waals surface area contributed by atoms with Crippen LogP contribution in [0.2, 0.25) is 0 Å². The van der Waals surface area contributed by atoms with E-state index >= 15 is 0 Å². The molecule has 112 valence electrons. The van der Waals surface area contributed by atoms with Gasteiger partial charge in [0, 0.05) is 10.5 Å². The molecule has 0 aliphatic heterocycles. The first-order chi connectivity index (χ1) is 9.79. The maximum absolute atomic E-state index is 13.2. The third-order valence-electron chi connectivity index (χ3n) is 2.97. The SMILES string of the molecule is C[C@H](NS(=O)(=O)c1cc(F)ccc1N)c1ccc(Br)cc1. The maximum atomic E-state index is 13.2. The normalized spacial score (nSPS) is 13.1. The fraction of sp³-hybridized carbons (Fsp3) is 0.143. The second-order valence-electron chi connectivity index (χ2n) is 4.58. The lowest BCUT2D eigenvalue weighted by molar-refractivity contribution is 0.564. The number of hydrogen-bond acceptors (Lipinski definition) is 3. The van der Waals surface area contributed by atoms with Crippen molar-refractivity contribution in [1.29, 1.82) is 0 Å². The molecule has 0 aliphatic rings. The van der Waals surface area contributed by atoms with Gasteiger partial charge in [-0.25, -0.2) is 17.5 Å². The van der Waals surface area contributed by atoms with Gasteiger partial charge >= 0.3 is 0 Å². The monoisotopic (exact) mass is 372 g/mol. The van der Waals surface area contributed by atoms with Gasteiger partial charge in [-0.2, -0.15) is 0 Å². The average Bonchev–Trinajstić information content (AvgIpc) is 2.41. The van der Waals surface area contributed by atoms with Crippen LogP contribution >= 0.6 is 15.9 Å². The van der Waals surface area contributed by atoms with Crippen molar-refractivity contribution in [3.63, 3.8) is 0 Å². The summed E-state index contributed by atoms with van der Waals surface area (Å²) in [6.07, 6.45) is 0. The van der Waals surface area contributed by atoms with Gasteiger partial charge in [-0.05, 0) is 42.8 Å². The van der Waals surface area contributed by atoms with E-state index in [0.29, 0.717) is 0 Å². The molecule has 2 rings (SSSR count). The van der Waals surface area contributed by atoms with Crippen LogP contribution in [-0.4, -0.2) is 8.42 Å². The predicted octanol–water partition coefficient (Wildman–Crippen LogP) is 3.21. The third kappa shape index (κ3) is 3.81. The molecular weight excluding hydrogens is 359 g/mol. The molecule has 0 saturated heterocycles. The van der Waals surface area contributed by atoms with Gasteiger partial charge in [0.2, 0.25) is 10.0 Å². The Labute approximate surface area is 131 Å². The van der Waals surface area contributed by atoms with E-state index in [4.69, 9.17) is 5.73 Å². The van der Waals surface area contributed by atoms with E-state index in [1.165, 1.54) is 6.07 Å². The van der Waals surface area contributed by atoms with Crippen molar-refractivity contribution in [3.05, 3.63) is 58.3 Å². The Morgan fingerprint density at radius 2 is 1.81 bits per heavy atom. The summed E-state index contributed by atoms with van der Waals surface area (Å²) in [6.45, 7) is 1.70. The molecule has 0 saturated carbocycles. The summed E-state index contributed by atoms with van der Waals surface area (Å²) in [7, 11) is -3.90. The second kappa shape index (κ2) is 6.13. The summed E-state index contributed by atoms with van der Waals surface area (Å²) in [6, 6.07) is 10.0. The van der Waals surface area contributed by atoms with Crippen molar-refractivity contribution < 1.29 is 12.8 Å². The van der Waals surface area contributed by atoms with E-state index < -0.39 is 21.9 Å². The largest absolute Gasteiger partial charge is 0.398 e. The first-order valence-corrected chi connectivity index (χ1v) is 8.40. The molecule has 2 aromatic carbocycles. The standard InChI is InChI=1S/C14H14BrFN2O2S/c1-9(10-2-4-11(15)5-3-10)18-21(19,20)14-8-12(16)6-7-13(14)17/h2-9,18H,17H2,1H3/t9-/m0/s1. The minimum atomic E-state index is -3.90. The van der Waals surface area contributed by atoms with E-state index in [0.717, 1.165) is 22.2 Å². The number of rotatable bonds is 4. The number of halogens is 2. The van der Waals surface area contributed by atoms with E-state index in [1.807, 2.05) is 12.1 Å². The van der Waals surface area contributed by atoms with E-state index in [2.05, 4.69) is 20.7 Å².